The molecule has 0 spiro atoms. The smallest absolute Gasteiger partial charge is 0.228 e. The van der Waals surface area contributed by atoms with E-state index in [-0.39, 0.29) is 23.6 Å². The van der Waals surface area contributed by atoms with Crippen LogP contribution >= 0.6 is 0 Å². The van der Waals surface area contributed by atoms with Gasteiger partial charge in [0.05, 0.1) is 7.11 Å². The van der Waals surface area contributed by atoms with Crippen molar-refractivity contribution in [2.45, 2.75) is 12.3 Å². The zero-order chi connectivity index (χ0) is 14.8. The number of carbonyl (C=O) groups excluding carboxylic acids is 1. The molecule has 0 saturated heterocycles. The van der Waals surface area contributed by atoms with E-state index >= 15 is 0 Å². The number of anilines is 1. The van der Waals surface area contributed by atoms with Crippen LogP contribution in [0.25, 0.3) is 0 Å². The van der Waals surface area contributed by atoms with Crippen molar-refractivity contribution in [1.29, 1.82) is 0 Å². The van der Waals surface area contributed by atoms with Gasteiger partial charge in [0, 0.05) is 11.6 Å². The molecular weight excluding hydrogens is 269 g/mol. The van der Waals surface area contributed by atoms with Gasteiger partial charge in [-0.3, -0.25) is 4.79 Å². The SMILES string of the molecule is COc1ccc(C2CC2C(=O)Nc2ccc(F)cc2)cc1. The van der Waals surface area contributed by atoms with Gasteiger partial charge in [0.1, 0.15) is 11.6 Å². The van der Waals surface area contributed by atoms with Crippen LogP contribution < -0.4 is 10.1 Å². The van der Waals surface area contributed by atoms with Crippen LogP contribution in [0.5, 0.6) is 5.75 Å². The van der Waals surface area contributed by atoms with Crippen LogP contribution in [-0.4, -0.2) is 13.0 Å². The van der Waals surface area contributed by atoms with Crippen LogP contribution in [0.3, 0.4) is 0 Å². The molecule has 0 heterocycles. The van der Waals surface area contributed by atoms with Gasteiger partial charge in [-0.25, -0.2) is 4.39 Å². The quantitative estimate of drug-likeness (QED) is 0.932. The molecule has 4 heteroatoms. The summed E-state index contributed by atoms with van der Waals surface area (Å²) in [7, 11) is 1.63. The number of ether oxygens (including phenoxy) is 1. The van der Waals surface area contributed by atoms with Crippen LogP contribution in [-0.2, 0) is 4.79 Å². The summed E-state index contributed by atoms with van der Waals surface area (Å²) in [5.41, 5.74) is 1.77. The van der Waals surface area contributed by atoms with Gasteiger partial charge < -0.3 is 10.1 Å². The largest absolute Gasteiger partial charge is 0.497 e. The van der Waals surface area contributed by atoms with E-state index in [1.54, 1.807) is 19.2 Å². The third kappa shape index (κ3) is 3.05. The Kier molecular flexibility index (Phi) is 3.60. The fourth-order valence-electron chi connectivity index (χ4n) is 2.47. The minimum Gasteiger partial charge on any atom is -0.497 e. The van der Waals surface area contributed by atoms with Crippen LogP contribution in [0.4, 0.5) is 10.1 Å². The second kappa shape index (κ2) is 5.56. The normalized spacial score (nSPS) is 19.9. The predicted molar refractivity (Wildman–Crippen MR) is 78.9 cm³/mol. The lowest BCUT2D eigenvalue weighted by Gasteiger charge is -2.05. The van der Waals surface area contributed by atoms with E-state index in [1.807, 2.05) is 24.3 Å². The minimum absolute atomic E-state index is 0.0107. The molecule has 3 nitrogen and oxygen atoms in total. The molecule has 2 aromatic carbocycles. The summed E-state index contributed by atoms with van der Waals surface area (Å²) >= 11 is 0. The van der Waals surface area contributed by atoms with E-state index in [4.69, 9.17) is 4.74 Å². The van der Waals surface area contributed by atoms with Crippen molar-refractivity contribution in [2.75, 3.05) is 12.4 Å². The van der Waals surface area contributed by atoms with E-state index in [0.717, 1.165) is 17.7 Å². The van der Waals surface area contributed by atoms with Gasteiger partial charge in [-0.05, 0) is 54.3 Å². The summed E-state index contributed by atoms with van der Waals surface area (Å²) in [6.07, 6.45) is 0.847. The Balaban J connectivity index is 1.61. The maximum Gasteiger partial charge on any atom is 0.228 e. The first-order chi connectivity index (χ1) is 10.2. The summed E-state index contributed by atoms with van der Waals surface area (Å²) in [5.74, 6) is 0.740. The lowest BCUT2D eigenvalue weighted by molar-refractivity contribution is -0.117. The molecule has 21 heavy (non-hydrogen) atoms. The van der Waals surface area contributed by atoms with Gasteiger partial charge in [0.25, 0.3) is 0 Å². The van der Waals surface area contributed by atoms with Gasteiger partial charge in [-0.15, -0.1) is 0 Å². The van der Waals surface area contributed by atoms with Gasteiger partial charge in [-0.1, -0.05) is 12.1 Å². The highest BCUT2D eigenvalue weighted by molar-refractivity contribution is 5.95. The molecule has 0 radical (unpaired) electrons. The fraction of sp³-hybridized carbons (Fsp3) is 0.235. The first-order valence-corrected chi connectivity index (χ1v) is 6.88. The number of methoxy groups -OCH3 is 1. The predicted octanol–water partition coefficient (Wildman–Crippen LogP) is 3.58. The molecular formula is C17H16FNO2. The molecule has 1 fully saturated rings. The molecule has 2 unspecified atom stereocenters. The minimum atomic E-state index is -0.310. The van der Waals surface area contributed by atoms with Crippen molar-refractivity contribution in [3.8, 4) is 5.75 Å². The summed E-state index contributed by atoms with van der Waals surface area (Å²) in [4.78, 5) is 12.1. The number of amides is 1. The monoisotopic (exact) mass is 285 g/mol. The number of hydrogen-bond acceptors (Lipinski definition) is 2. The van der Waals surface area contributed by atoms with E-state index < -0.39 is 0 Å². The van der Waals surface area contributed by atoms with E-state index in [1.165, 1.54) is 12.1 Å². The molecule has 0 aromatic heterocycles. The lowest BCUT2D eigenvalue weighted by Crippen LogP contribution is -2.14. The van der Waals surface area contributed by atoms with Crippen molar-refractivity contribution in [3.63, 3.8) is 0 Å². The molecule has 1 N–H and O–H groups in total. The van der Waals surface area contributed by atoms with Crippen LogP contribution in [0.15, 0.2) is 48.5 Å². The van der Waals surface area contributed by atoms with Gasteiger partial charge in [0.15, 0.2) is 0 Å². The molecule has 0 bridgehead atoms. The number of hydrogen-bond donors (Lipinski definition) is 1. The van der Waals surface area contributed by atoms with Crippen LogP contribution in [0, 0.1) is 11.7 Å². The Bertz CT molecular complexity index is 637. The van der Waals surface area contributed by atoms with Crippen molar-refractivity contribution in [2.24, 2.45) is 5.92 Å². The zero-order valence-electron chi connectivity index (χ0n) is 11.7. The van der Waals surface area contributed by atoms with Crippen molar-refractivity contribution < 1.29 is 13.9 Å². The number of benzene rings is 2. The van der Waals surface area contributed by atoms with Gasteiger partial charge in [-0.2, -0.15) is 0 Å². The van der Waals surface area contributed by atoms with Crippen LogP contribution in [0.1, 0.15) is 17.9 Å². The Morgan fingerprint density at radius 3 is 2.43 bits per heavy atom. The average Bonchev–Trinajstić information content (AvgIpc) is 3.30. The van der Waals surface area contributed by atoms with Crippen LogP contribution in [0.2, 0.25) is 0 Å². The molecule has 2 aromatic rings. The first kappa shape index (κ1) is 13.6. The number of carbonyl (C=O) groups is 1. The maximum atomic E-state index is 12.8. The summed E-state index contributed by atoms with van der Waals surface area (Å²) < 4.78 is 17.9. The highest BCUT2D eigenvalue weighted by atomic mass is 19.1. The third-order valence-corrected chi connectivity index (χ3v) is 3.78. The lowest BCUT2D eigenvalue weighted by atomic mass is 10.1. The van der Waals surface area contributed by atoms with Gasteiger partial charge in [0.2, 0.25) is 5.91 Å². The van der Waals surface area contributed by atoms with E-state index in [0.29, 0.717) is 5.69 Å². The van der Waals surface area contributed by atoms with E-state index in [2.05, 4.69) is 5.32 Å². The van der Waals surface area contributed by atoms with Crippen molar-refractivity contribution in [1.82, 2.24) is 0 Å². The summed E-state index contributed by atoms with van der Waals surface area (Å²) in [6.45, 7) is 0. The number of rotatable bonds is 4. The molecule has 1 amide bonds. The third-order valence-electron chi connectivity index (χ3n) is 3.78. The number of halogens is 1. The van der Waals surface area contributed by atoms with Crippen molar-refractivity contribution in [3.05, 3.63) is 59.9 Å². The zero-order valence-corrected chi connectivity index (χ0v) is 11.7. The van der Waals surface area contributed by atoms with E-state index in [9.17, 15) is 9.18 Å². The molecule has 1 aliphatic carbocycles. The first-order valence-electron chi connectivity index (χ1n) is 6.88. The second-order valence-electron chi connectivity index (χ2n) is 5.22. The molecule has 1 aliphatic rings. The Morgan fingerprint density at radius 1 is 1.14 bits per heavy atom. The fourth-order valence-corrected chi connectivity index (χ4v) is 2.47. The molecule has 3 rings (SSSR count). The highest BCUT2D eigenvalue weighted by Crippen LogP contribution is 2.48. The molecule has 2 atom stereocenters. The standard InChI is InChI=1S/C17H16FNO2/c1-21-14-8-2-11(3-9-14)15-10-16(15)17(20)19-13-6-4-12(18)5-7-13/h2-9,15-16H,10H2,1H3,(H,19,20). The van der Waals surface area contributed by atoms with Crippen molar-refractivity contribution >= 4 is 11.6 Å². The average molecular weight is 285 g/mol. The highest BCUT2D eigenvalue weighted by Gasteiger charge is 2.43. The summed E-state index contributed by atoms with van der Waals surface area (Å²) in [5, 5.41) is 2.82. The molecule has 1 saturated carbocycles. The Morgan fingerprint density at radius 2 is 1.81 bits per heavy atom. The Labute approximate surface area is 122 Å². The molecule has 0 aliphatic heterocycles. The molecule has 108 valence electrons. The number of nitrogens with one attached hydrogen (secondary N) is 1. The topological polar surface area (TPSA) is 38.3 Å². The van der Waals surface area contributed by atoms with Gasteiger partial charge >= 0.3 is 0 Å². The Hall–Kier alpha value is -2.36. The second-order valence-corrected chi connectivity index (χ2v) is 5.22. The summed E-state index contributed by atoms with van der Waals surface area (Å²) in [6, 6.07) is 13.6. The maximum absolute atomic E-state index is 12.8.